The van der Waals surface area contributed by atoms with Crippen LogP contribution in [0.5, 0.6) is 0 Å². The first kappa shape index (κ1) is 24.4. The normalized spacial score (nSPS) is 21.1. The van der Waals surface area contributed by atoms with Gasteiger partial charge >= 0.3 is 0 Å². The Kier molecular flexibility index (Phi) is 13.8. The van der Waals surface area contributed by atoms with E-state index in [1.165, 1.54) is 89.3 Å². The van der Waals surface area contributed by atoms with Crippen molar-refractivity contribution < 1.29 is 9.59 Å². The van der Waals surface area contributed by atoms with E-state index in [9.17, 15) is 5.11 Å². The number of aliphatic hydroxyl groups excluding tert-OH is 1. The van der Waals surface area contributed by atoms with Crippen LogP contribution in [0.1, 0.15) is 111 Å². The van der Waals surface area contributed by atoms with E-state index in [0.29, 0.717) is 4.48 Å². The summed E-state index contributed by atoms with van der Waals surface area (Å²) in [5.41, 5.74) is 0. The fourth-order valence-electron chi connectivity index (χ4n) is 4.29. The Balaban J connectivity index is 1.96. The topological polar surface area (TPSA) is 32.6 Å². The maximum absolute atomic E-state index is 10.2. The maximum Gasteiger partial charge on any atom is 0.200 e. The lowest BCUT2D eigenvalue weighted by Gasteiger charge is -2.36. The molecule has 0 aliphatic carbocycles. The van der Waals surface area contributed by atoms with Crippen molar-refractivity contribution in [3.8, 4) is 0 Å². The number of aliphatic hydroxyl groups is 1. The Hall–Kier alpha value is -0.670. The minimum atomic E-state index is -0.326. The van der Waals surface area contributed by atoms with Crippen molar-refractivity contribution in [3.05, 3.63) is 12.2 Å². The zero-order valence-electron chi connectivity index (χ0n) is 18.6. The number of aliphatic imine (C=N–C) groups is 1. The molecule has 0 saturated carbocycles. The second-order valence-corrected chi connectivity index (χ2v) is 8.34. The molecule has 0 spiro atoms. The van der Waals surface area contributed by atoms with E-state index in [0.717, 1.165) is 26.1 Å². The summed E-state index contributed by atoms with van der Waals surface area (Å²) in [6, 6.07) is 0. The van der Waals surface area contributed by atoms with Gasteiger partial charge in [0.2, 0.25) is 5.84 Å². The highest BCUT2D eigenvalue weighted by Gasteiger charge is 2.40. The molecule has 0 aromatic rings. The van der Waals surface area contributed by atoms with Gasteiger partial charge in [0.15, 0.2) is 6.23 Å². The van der Waals surface area contributed by atoms with E-state index in [4.69, 9.17) is 4.99 Å². The highest BCUT2D eigenvalue weighted by molar-refractivity contribution is 5.76. The summed E-state index contributed by atoms with van der Waals surface area (Å²) < 4.78 is 0.703. The van der Waals surface area contributed by atoms with Crippen LogP contribution in [0.4, 0.5) is 0 Å². The van der Waals surface area contributed by atoms with Crippen LogP contribution in [0.2, 0.25) is 0 Å². The predicted molar refractivity (Wildman–Crippen MR) is 119 cm³/mol. The van der Waals surface area contributed by atoms with Gasteiger partial charge in [0, 0.05) is 13.3 Å². The Morgan fingerprint density at radius 1 is 0.889 bits per heavy atom. The van der Waals surface area contributed by atoms with Gasteiger partial charge < -0.3 is 5.11 Å². The van der Waals surface area contributed by atoms with Gasteiger partial charge in [-0.3, -0.25) is 4.48 Å². The van der Waals surface area contributed by atoms with Crippen molar-refractivity contribution in [1.82, 2.24) is 0 Å². The average molecular weight is 380 g/mol. The Labute approximate surface area is 169 Å². The molecule has 0 saturated heterocycles. The molecule has 1 aliphatic heterocycles. The molecule has 1 aliphatic rings. The van der Waals surface area contributed by atoms with Crippen LogP contribution >= 0.6 is 0 Å². The van der Waals surface area contributed by atoms with Gasteiger partial charge in [0.1, 0.15) is 6.54 Å². The average Bonchev–Trinajstić information content (AvgIpc) is 3.09. The van der Waals surface area contributed by atoms with Crippen molar-refractivity contribution in [2.75, 3.05) is 19.6 Å². The zero-order valence-corrected chi connectivity index (χ0v) is 18.6. The fourth-order valence-corrected chi connectivity index (χ4v) is 4.29. The van der Waals surface area contributed by atoms with Crippen LogP contribution in [0.3, 0.4) is 0 Å². The quantitative estimate of drug-likeness (QED) is 0.172. The molecule has 1 heterocycles. The van der Waals surface area contributed by atoms with Crippen molar-refractivity contribution in [2.24, 2.45) is 4.99 Å². The van der Waals surface area contributed by atoms with Crippen molar-refractivity contribution in [2.45, 2.75) is 117 Å². The number of unbranched alkanes of at least 4 members (excludes halogenated alkanes) is 11. The molecule has 3 heteroatoms. The first-order valence-corrected chi connectivity index (χ1v) is 11.9. The van der Waals surface area contributed by atoms with Crippen LogP contribution in [-0.4, -0.2) is 41.3 Å². The molecule has 0 aromatic carbocycles. The van der Waals surface area contributed by atoms with Crippen molar-refractivity contribution >= 4 is 5.84 Å². The number of hydrogen-bond donors (Lipinski definition) is 1. The maximum atomic E-state index is 10.2. The van der Waals surface area contributed by atoms with Gasteiger partial charge in [-0.05, 0) is 39.0 Å². The van der Waals surface area contributed by atoms with E-state index in [1.807, 2.05) is 6.92 Å². The molecule has 0 radical (unpaired) electrons. The molecule has 0 bridgehead atoms. The second kappa shape index (κ2) is 15.3. The Morgan fingerprint density at radius 2 is 1.44 bits per heavy atom. The van der Waals surface area contributed by atoms with E-state index < -0.39 is 0 Å². The van der Waals surface area contributed by atoms with Crippen LogP contribution in [0, 0.1) is 0 Å². The monoisotopic (exact) mass is 379 g/mol. The molecule has 2 atom stereocenters. The second-order valence-electron chi connectivity index (χ2n) is 8.34. The highest BCUT2D eigenvalue weighted by atomic mass is 16.3. The number of rotatable bonds is 17. The Bertz CT molecular complexity index is 417. The summed E-state index contributed by atoms with van der Waals surface area (Å²) >= 11 is 0. The molecule has 0 aromatic heterocycles. The molecular formula is C24H47N2O+. The third kappa shape index (κ3) is 9.38. The smallest absolute Gasteiger partial charge is 0.200 e. The molecular weight excluding hydrogens is 332 g/mol. The highest BCUT2D eigenvalue weighted by Crippen LogP contribution is 2.22. The van der Waals surface area contributed by atoms with Gasteiger partial charge in [-0.1, -0.05) is 70.4 Å². The first-order chi connectivity index (χ1) is 13.2. The lowest BCUT2D eigenvalue weighted by atomic mass is 10.1. The molecule has 3 nitrogen and oxygen atoms in total. The SMILES string of the molecule is CCCCCCCCCCC/C=C/CCCCC1=NCC[N+]1(CC)C(C)O. The van der Waals surface area contributed by atoms with Crippen molar-refractivity contribution in [3.63, 3.8) is 0 Å². The number of nitrogens with zero attached hydrogens (tertiary/aromatic N) is 2. The van der Waals surface area contributed by atoms with Gasteiger partial charge in [-0.15, -0.1) is 0 Å². The van der Waals surface area contributed by atoms with Gasteiger partial charge in [-0.2, -0.15) is 0 Å². The van der Waals surface area contributed by atoms with E-state index in [-0.39, 0.29) is 6.23 Å². The minimum Gasteiger partial charge on any atom is -0.345 e. The molecule has 0 fully saturated rings. The van der Waals surface area contributed by atoms with Gasteiger partial charge in [0.25, 0.3) is 0 Å². The summed E-state index contributed by atoms with van der Waals surface area (Å²) in [5.74, 6) is 1.23. The molecule has 27 heavy (non-hydrogen) atoms. The standard InChI is InChI=1S/C24H47N2O/c1-4-6-7-8-9-10-11-12-13-14-15-16-17-18-19-20-24-25-21-22-26(24,5-2)23(3)27/h15-16,23,27H,4-14,17-22H2,1-3H3/q+1/b16-15+. The largest absolute Gasteiger partial charge is 0.345 e. The molecule has 1 N–H and O–H groups in total. The summed E-state index contributed by atoms with van der Waals surface area (Å²) in [5, 5.41) is 10.2. The molecule has 2 unspecified atom stereocenters. The number of likely N-dealkylation sites (N-methyl/N-ethyl adjacent to an activating group) is 1. The fraction of sp³-hybridized carbons (Fsp3) is 0.875. The summed E-state index contributed by atoms with van der Waals surface area (Å²) in [4.78, 5) is 4.70. The first-order valence-electron chi connectivity index (χ1n) is 11.9. The van der Waals surface area contributed by atoms with Crippen LogP contribution < -0.4 is 0 Å². The third-order valence-corrected chi connectivity index (χ3v) is 6.25. The minimum absolute atomic E-state index is 0.326. The van der Waals surface area contributed by atoms with Crippen LogP contribution in [0.15, 0.2) is 17.1 Å². The van der Waals surface area contributed by atoms with Crippen LogP contribution in [-0.2, 0) is 0 Å². The summed E-state index contributed by atoms with van der Waals surface area (Å²) in [6.45, 7) is 9.18. The van der Waals surface area contributed by atoms with E-state index in [1.54, 1.807) is 0 Å². The van der Waals surface area contributed by atoms with Crippen LogP contribution in [0.25, 0.3) is 0 Å². The predicted octanol–water partition coefficient (Wildman–Crippen LogP) is 6.61. The number of hydrogen-bond acceptors (Lipinski definition) is 2. The number of quaternary nitrogens is 1. The number of amidine groups is 1. The summed E-state index contributed by atoms with van der Waals surface area (Å²) in [7, 11) is 0. The zero-order chi connectivity index (χ0) is 19.8. The van der Waals surface area contributed by atoms with Gasteiger partial charge in [0.05, 0.1) is 13.1 Å². The number of allylic oxidation sites excluding steroid dienone is 2. The lowest BCUT2D eigenvalue weighted by Crippen LogP contribution is -2.56. The molecule has 0 amide bonds. The van der Waals surface area contributed by atoms with Crippen molar-refractivity contribution in [1.29, 1.82) is 0 Å². The molecule has 1 rings (SSSR count). The Morgan fingerprint density at radius 3 is 2.00 bits per heavy atom. The van der Waals surface area contributed by atoms with Gasteiger partial charge in [-0.25, -0.2) is 4.99 Å². The molecule has 158 valence electrons. The lowest BCUT2D eigenvalue weighted by molar-refractivity contribution is -0.882. The summed E-state index contributed by atoms with van der Waals surface area (Å²) in [6.07, 6.45) is 23.0. The van der Waals surface area contributed by atoms with E-state index >= 15 is 0 Å². The third-order valence-electron chi connectivity index (χ3n) is 6.25. The van der Waals surface area contributed by atoms with E-state index in [2.05, 4.69) is 26.0 Å².